The van der Waals surface area contributed by atoms with Crippen LogP contribution in [0.3, 0.4) is 0 Å². The molecule has 0 saturated heterocycles. The van der Waals surface area contributed by atoms with Crippen LogP contribution >= 0.6 is 0 Å². The minimum absolute atomic E-state index is 0.0205. The molecule has 1 aromatic rings. The van der Waals surface area contributed by atoms with E-state index in [4.69, 9.17) is 4.74 Å². The van der Waals surface area contributed by atoms with E-state index in [9.17, 15) is 9.59 Å². The summed E-state index contributed by atoms with van der Waals surface area (Å²) < 4.78 is 5.57. The molecule has 110 valence electrons. The summed E-state index contributed by atoms with van der Waals surface area (Å²) in [6, 6.07) is 7.11. The molecule has 0 unspecified atom stereocenters. The second-order valence-corrected chi connectivity index (χ2v) is 4.60. The Hall–Kier alpha value is -1.84. The molecule has 1 aromatic carbocycles. The minimum Gasteiger partial charge on any atom is -0.494 e. The van der Waals surface area contributed by atoms with E-state index in [1.165, 1.54) is 6.92 Å². The smallest absolute Gasteiger partial charge is 0.222 e. The summed E-state index contributed by atoms with van der Waals surface area (Å²) in [5.41, 5.74) is 0.640. The van der Waals surface area contributed by atoms with E-state index in [1.54, 1.807) is 18.2 Å². The molecule has 0 atom stereocenters. The van der Waals surface area contributed by atoms with Crippen LogP contribution in [0.15, 0.2) is 24.3 Å². The van der Waals surface area contributed by atoms with Gasteiger partial charge in [0.05, 0.1) is 6.61 Å². The van der Waals surface area contributed by atoms with Crippen LogP contribution in [0.2, 0.25) is 0 Å². The van der Waals surface area contributed by atoms with Gasteiger partial charge >= 0.3 is 0 Å². The number of benzene rings is 1. The number of hydrogen-bond acceptors (Lipinski definition) is 3. The normalized spacial score (nSPS) is 10.2. The van der Waals surface area contributed by atoms with Gasteiger partial charge in [-0.25, -0.2) is 0 Å². The molecular formula is C16H23NO3. The van der Waals surface area contributed by atoms with Crippen LogP contribution in [0.25, 0.3) is 0 Å². The lowest BCUT2D eigenvalue weighted by atomic mass is 10.1. The van der Waals surface area contributed by atoms with Gasteiger partial charge in [0, 0.05) is 25.1 Å². The monoisotopic (exact) mass is 277 g/mol. The maximum Gasteiger partial charge on any atom is 0.222 e. The Bertz CT molecular complexity index is 453. The van der Waals surface area contributed by atoms with Gasteiger partial charge in [-0.1, -0.05) is 12.1 Å². The maximum absolute atomic E-state index is 11.8. The third-order valence-electron chi connectivity index (χ3n) is 3.16. The second-order valence-electron chi connectivity index (χ2n) is 4.60. The predicted molar refractivity (Wildman–Crippen MR) is 79.1 cm³/mol. The molecule has 0 aromatic heterocycles. The number of carbonyl (C=O) groups is 2. The number of amides is 1. The lowest BCUT2D eigenvalue weighted by molar-refractivity contribution is -0.131. The fourth-order valence-corrected chi connectivity index (χ4v) is 1.95. The van der Waals surface area contributed by atoms with Crippen molar-refractivity contribution < 1.29 is 14.3 Å². The second kappa shape index (κ2) is 8.35. The highest BCUT2D eigenvalue weighted by molar-refractivity contribution is 5.94. The molecule has 0 fully saturated rings. The summed E-state index contributed by atoms with van der Waals surface area (Å²) in [6.07, 6.45) is 1.17. The van der Waals surface area contributed by atoms with Crippen LogP contribution in [0.1, 0.15) is 44.0 Å². The van der Waals surface area contributed by atoms with Gasteiger partial charge in [0.25, 0.3) is 0 Å². The number of nitrogens with zero attached hydrogens (tertiary/aromatic N) is 1. The molecular weight excluding hydrogens is 254 g/mol. The summed E-state index contributed by atoms with van der Waals surface area (Å²) in [4.78, 5) is 24.9. The lowest BCUT2D eigenvalue weighted by Gasteiger charge is -2.18. The summed E-state index contributed by atoms with van der Waals surface area (Å²) in [6.45, 7) is 7.46. The zero-order valence-corrected chi connectivity index (χ0v) is 12.5. The third-order valence-corrected chi connectivity index (χ3v) is 3.16. The van der Waals surface area contributed by atoms with E-state index < -0.39 is 0 Å². The fraction of sp³-hybridized carbons (Fsp3) is 0.500. The number of ether oxygens (including phenoxy) is 1. The Morgan fingerprint density at radius 2 is 1.90 bits per heavy atom. The van der Waals surface area contributed by atoms with Gasteiger partial charge in [-0.05, 0) is 39.3 Å². The highest BCUT2D eigenvalue weighted by Gasteiger charge is 2.08. The number of ketones is 1. The van der Waals surface area contributed by atoms with Crippen molar-refractivity contribution in [1.82, 2.24) is 4.90 Å². The predicted octanol–water partition coefficient (Wildman–Crippen LogP) is 2.92. The van der Waals surface area contributed by atoms with Crippen molar-refractivity contribution in [3.8, 4) is 5.75 Å². The summed E-state index contributed by atoms with van der Waals surface area (Å²) in [5, 5.41) is 0. The number of carbonyl (C=O) groups excluding carboxylic acids is 2. The Morgan fingerprint density at radius 1 is 1.20 bits per heavy atom. The van der Waals surface area contributed by atoms with Gasteiger partial charge in [0.1, 0.15) is 5.75 Å². The summed E-state index contributed by atoms with van der Waals surface area (Å²) >= 11 is 0. The first kappa shape index (κ1) is 16.2. The van der Waals surface area contributed by atoms with Gasteiger partial charge < -0.3 is 9.64 Å². The molecule has 0 saturated carbocycles. The molecule has 0 bridgehead atoms. The van der Waals surface area contributed by atoms with E-state index >= 15 is 0 Å². The van der Waals surface area contributed by atoms with Crippen LogP contribution < -0.4 is 4.74 Å². The molecule has 1 rings (SSSR count). The van der Waals surface area contributed by atoms with Crippen molar-refractivity contribution >= 4 is 11.7 Å². The number of rotatable bonds is 8. The average Bonchev–Trinajstić information content (AvgIpc) is 2.45. The molecule has 4 heteroatoms. The van der Waals surface area contributed by atoms with Crippen molar-refractivity contribution in [2.75, 3.05) is 19.7 Å². The Morgan fingerprint density at radius 3 is 2.50 bits per heavy atom. The van der Waals surface area contributed by atoms with Crippen molar-refractivity contribution in [2.24, 2.45) is 0 Å². The highest BCUT2D eigenvalue weighted by atomic mass is 16.5. The highest BCUT2D eigenvalue weighted by Crippen LogP contribution is 2.14. The van der Waals surface area contributed by atoms with Crippen LogP contribution in [-0.4, -0.2) is 36.3 Å². The molecule has 0 heterocycles. The summed E-state index contributed by atoms with van der Waals surface area (Å²) in [5.74, 6) is 0.858. The van der Waals surface area contributed by atoms with E-state index in [0.29, 0.717) is 30.8 Å². The number of hydrogen-bond donors (Lipinski definition) is 0. The average molecular weight is 277 g/mol. The van der Waals surface area contributed by atoms with E-state index in [-0.39, 0.29) is 11.7 Å². The largest absolute Gasteiger partial charge is 0.494 e. The van der Waals surface area contributed by atoms with Crippen molar-refractivity contribution in [3.05, 3.63) is 29.8 Å². The Labute approximate surface area is 120 Å². The van der Waals surface area contributed by atoms with Crippen LogP contribution in [0.4, 0.5) is 0 Å². The molecule has 0 N–H and O–H groups in total. The van der Waals surface area contributed by atoms with E-state index in [0.717, 1.165) is 13.1 Å². The first-order valence-electron chi connectivity index (χ1n) is 7.10. The molecule has 4 nitrogen and oxygen atoms in total. The zero-order valence-electron chi connectivity index (χ0n) is 12.5. The molecule has 0 aliphatic carbocycles. The Balaban J connectivity index is 2.36. The van der Waals surface area contributed by atoms with Gasteiger partial charge in [0.2, 0.25) is 5.91 Å². The van der Waals surface area contributed by atoms with Gasteiger partial charge in [-0.2, -0.15) is 0 Å². The molecule has 0 aliphatic rings. The molecule has 1 amide bonds. The van der Waals surface area contributed by atoms with E-state index in [2.05, 4.69) is 0 Å². The first-order chi connectivity index (χ1) is 9.58. The van der Waals surface area contributed by atoms with Crippen LogP contribution in [-0.2, 0) is 4.79 Å². The first-order valence-corrected chi connectivity index (χ1v) is 7.10. The topological polar surface area (TPSA) is 46.6 Å². The lowest BCUT2D eigenvalue weighted by Crippen LogP contribution is -2.30. The minimum atomic E-state index is 0.0205. The van der Waals surface area contributed by atoms with E-state index in [1.807, 2.05) is 24.8 Å². The molecule has 0 radical (unpaired) electrons. The zero-order chi connectivity index (χ0) is 15.0. The van der Waals surface area contributed by atoms with Crippen molar-refractivity contribution in [3.63, 3.8) is 0 Å². The van der Waals surface area contributed by atoms with Crippen molar-refractivity contribution in [1.29, 1.82) is 0 Å². The van der Waals surface area contributed by atoms with Crippen LogP contribution in [0, 0.1) is 0 Å². The van der Waals surface area contributed by atoms with Gasteiger partial charge in [-0.3, -0.25) is 9.59 Å². The van der Waals surface area contributed by atoms with Gasteiger partial charge in [-0.15, -0.1) is 0 Å². The van der Waals surface area contributed by atoms with Gasteiger partial charge in [0.15, 0.2) is 5.78 Å². The molecule has 20 heavy (non-hydrogen) atoms. The quantitative estimate of drug-likeness (QED) is 0.542. The SMILES string of the molecule is CCN(CC)C(=O)CCCOc1cccc(C(C)=O)c1. The third kappa shape index (κ3) is 5.03. The maximum atomic E-state index is 11.8. The fourth-order valence-electron chi connectivity index (χ4n) is 1.95. The summed E-state index contributed by atoms with van der Waals surface area (Å²) in [7, 11) is 0. The number of Topliss-reactive ketones (excluding diaryl/α,β-unsaturated/α-hetero) is 1. The molecule has 0 spiro atoms. The van der Waals surface area contributed by atoms with Crippen LogP contribution in [0.5, 0.6) is 5.75 Å². The molecule has 0 aliphatic heterocycles. The standard InChI is InChI=1S/C16H23NO3/c1-4-17(5-2)16(19)10-7-11-20-15-9-6-8-14(12-15)13(3)18/h6,8-9,12H,4-5,7,10-11H2,1-3H3. The van der Waals surface area contributed by atoms with Crippen molar-refractivity contribution in [2.45, 2.75) is 33.6 Å². The Kier molecular flexibility index (Phi) is 6.77.